The van der Waals surface area contributed by atoms with Crippen molar-refractivity contribution in [3.8, 4) is 17.0 Å². The second-order valence-corrected chi connectivity index (χ2v) is 7.63. The van der Waals surface area contributed by atoms with Gasteiger partial charge in [0, 0.05) is 17.3 Å². The molecular formula is C19H25ClF3N3O2. The summed E-state index contributed by atoms with van der Waals surface area (Å²) in [5.74, 6) is 0.348. The SMILES string of the molecule is CCc1nn(CC(C)(C)O)c(-c2ccc(N[C@H](C)C(F)(F)F)cc2OC)c1Cl. The molecule has 0 unspecified atom stereocenters. The first-order chi connectivity index (χ1) is 12.9. The number of aryl methyl sites for hydroxylation is 1. The lowest BCUT2D eigenvalue weighted by atomic mass is 10.1. The Balaban J connectivity index is 2.52. The van der Waals surface area contributed by atoms with E-state index in [1.807, 2.05) is 6.92 Å². The summed E-state index contributed by atoms with van der Waals surface area (Å²) >= 11 is 6.52. The molecule has 2 rings (SSSR count). The van der Waals surface area contributed by atoms with Gasteiger partial charge >= 0.3 is 6.18 Å². The van der Waals surface area contributed by atoms with E-state index >= 15 is 0 Å². The van der Waals surface area contributed by atoms with Crippen LogP contribution in [0.4, 0.5) is 18.9 Å². The Morgan fingerprint density at radius 1 is 1.32 bits per heavy atom. The Morgan fingerprint density at radius 2 is 1.96 bits per heavy atom. The first-order valence-corrected chi connectivity index (χ1v) is 9.24. The van der Waals surface area contributed by atoms with Crippen LogP contribution in [0.2, 0.25) is 5.02 Å². The number of anilines is 1. The van der Waals surface area contributed by atoms with Gasteiger partial charge in [-0.2, -0.15) is 18.3 Å². The summed E-state index contributed by atoms with van der Waals surface area (Å²) in [7, 11) is 1.43. The Labute approximate surface area is 167 Å². The molecule has 156 valence electrons. The summed E-state index contributed by atoms with van der Waals surface area (Å²) in [4.78, 5) is 0. The van der Waals surface area contributed by atoms with Gasteiger partial charge in [0.2, 0.25) is 0 Å². The Bertz CT molecular complexity index is 829. The van der Waals surface area contributed by atoms with Gasteiger partial charge in [-0.1, -0.05) is 18.5 Å². The Kier molecular flexibility index (Phi) is 6.55. The van der Waals surface area contributed by atoms with E-state index in [4.69, 9.17) is 16.3 Å². The van der Waals surface area contributed by atoms with Gasteiger partial charge in [0.05, 0.1) is 35.7 Å². The second kappa shape index (κ2) is 8.21. The van der Waals surface area contributed by atoms with E-state index in [0.717, 1.165) is 6.92 Å². The van der Waals surface area contributed by atoms with Crippen LogP contribution in [-0.2, 0) is 13.0 Å². The highest BCUT2D eigenvalue weighted by molar-refractivity contribution is 6.33. The molecule has 0 amide bonds. The van der Waals surface area contributed by atoms with Gasteiger partial charge in [-0.15, -0.1) is 0 Å². The fourth-order valence-electron chi connectivity index (χ4n) is 2.76. The number of rotatable bonds is 7. The van der Waals surface area contributed by atoms with Gasteiger partial charge in [-0.05, 0) is 39.3 Å². The van der Waals surface area contributed by atoms with Gasteiger partial charge < -0.3 is 15.2 Å². The zero-order valence-electron chi connectivity index (χ0n) is 16.5. The number of hydrogen-bond acceptors (Lipinski definition) is 4. The van der Waals surface area contributed by atoms with Crippen molar-refractivity contribution >= 4 is 17.3 Å². The summed E-state index contributed by atoms with van der Waals surface area (Å²) in [5.41, 5.74) is 1.02. The van der Waals surface area contributed by atoms with Crippen LogP contribution in [0.15, 0.2) is 18.2 Å². The molecule has 0 saturated heterocycles. The molecule has 0 fully saturated rings. The monoisotopic (exact) mass is 419 g/mol. The number of nitrogens with one attached hydrogen (secondary N) is 1. The van der Waals surface area contributed by atoms with Crippen LogP contribution in [0.3, 0.4) is 0 Å². The van der Waals surface area contributed by atoms with E-state index in [1.54, 1.807) is 24.6 Å². The smallest absolute Gasteiger partial charge is 0.408 e. The molecule has 1 heterocycles. The average Bonchev–Trinajstić information content (AvgIpc) is 2.87. The maximum absolute atomic E-state index is 12.8. The molecule has 0 spiro atoms. The van der Waals surface area contributed by atoms with Crippen LogP contribution in [0.25, 0.3) is 11.3 Å². The van der Waals surface area contributed by atoms with Crippen LogP contribution in [0, 0.1) is 0 Å². The lowest BCUT2D eigenvalue weighted by Crippen LogP contribution is -2.33. The highest BCUT2D eigenvalue weighted by atomic mass is 35.5. The second-order valence-electron chi connectivity index (χ2n) is 7.26. The van der Waals surface area contributed by atoms with Crippen molar-refractivity contribution in [2.24, 2.45) is 0 Å². The third-order valence-electron chi connectivity index (χ3n) is 4.16. The molecule has 28 heavy (non-hydrogen) atoms. The van der Waals surface area contributed by atoms with Crippen LogP contribution in [-0.4, -0.2) is 39.8 Å². The number of aromatic nitrogens is 2. The van der Waals surface area contributed by atoms with E-state index in [2.05, 4.69) is 10.4 Å². The summed E-state index contributed by atoms with van der Waals surface area (Å²) in [5, 5.41) is 17.5. The molecule has 1 aromatic carbocycles. The third-order valence-corrected chi connectivity index (χ3v) is 4.56. The van der Waals surface area contributed by atoms with Gasteiger partial charge in [0.1, 0.15) is 11.8 Å². The van der Waals surface area contributed by atoms with E-state index < -0.39 is 17.8 Å². The van der Waals surface area contributed by atoms with E-state index in [-0.39, 0.29) is 12.2 Å². The predicted molar refractivity (Wildman–Crippen MR) is 104 cm³/mol. The number of halogens is 4. The van der Waals surface area contributed by atoms with Crippen LogP contribution in [0.1, 0.15) is 33.4 Å². The number of alkyl halides is 3. The minimum Gasteiger partial charge on any atom is -0.496 e. The number of methoxy groups -OCH3 is 1. The van der Waals surface area contributed by atoms with Crippen molar-refractivity contribution in [3.63, 3.8) is 0 Å². The van der Waals surface area contributed by atoms with E-state index in [0.29, 0.717) is 34.1 Å². The lowest BCUT2D eigenvalue weighted by molar-refractivity contribution is -0.138. The van der Waals surface area contributed by atoms with Gasteiger partial charge in [0.25, 0.3) is 0 Å². The highest BCUT2D eigenvalue weighted by Gasteiger charge is 2.36. The molecule has 2 aromatic rings. The summed E-state index contributed by atoms with van der Waals surface area (Å²) in [6.45, 7) is 6.45. The van der Waals surface area contributed by atoms with Crippen LogP contribution in [0.5, 0.6) is 5.75 Å². The molecule has 0 aliphatic rings. The third kappa shape index (κ3) is 5.11. The van der Waals surface area contributed by atoms with Crippen molar-refractivity contribution in [2.45, 2.75) is 58.5 Å². The summed E-state index contributed by atoms with van der Waals surface area (Å²) < 4.78 is 45.5. The Hall–Kier alpha value is -1.93. The number of nitrogens with zero attached hydrogens (tertiary/aromatic N) is 2. The van der Waals surface area contributed by atoms with Gasteiger partial charge in [0.15, 0.2) is 0 Å². The van der Waals surface area contributed by atoms with Gasteiger partial charge in [-0.25, -0.2) is 0 Å². The molecule has 1 aromatic heterocycles. The number of benzene rings is 1. The van der Waals surface area contributed by atoms with E-state index in [9.17, 15) is 18.3 Å². The van der Waals surface area contributed by atoms with Crippen molar-refractivity contribution < 1.29 is 23.0 Å². The molecule has 1 atom stereocenters. The van der Waals surface area contributed by atoms with Gasteiger partial charge in [-0.3, -0.25) is 4.68 Å². The number of hydrogen-bond donors (Lipinski definition) is 2. The number of ether oxygens (including phenoxy) is 1. The molecule has 0 aliphatic carbocycles. The minimum absolute atomic E-state index is 0.191. The van der Waals surface area contributed by atoms with Crippen molar-refractivity contribution in [2.75, 3.05) is 12.4 Å². The van der Waals surface area contributed by atoms with Crippen LogP contribution < -0.4 is 10.1 Å². The quantitative estimate of drug-likeness (QED) is 0.669. The molecule has 9 heteroatoms. The molecule has 0 saturated carbocycles. The maximum atomic E-state index is 12.8. The summed E-state index contributed by atoms with van der Waals surface area (Å²) in [6, 6.07) is 2.94. The van der Waals surface area contributed by atoms with Crippen molar-refractivity contribution in [1.82, 2.24) is 9.78 Å². The topological polar surface area (TPSA) is 59.3 Å². The first kappa shape index (κ1) is 22.4. The maximum Gasteiger partial charge on any atom is 0.408 e. The Morgan fingerprint density at radius 3 is 2.46 bits per heavy atom. The lowest BCUT2D eigenvalue weighted by Gasteiger charge is -2.21. The van der Waals surface area contributed by atoms with Crippen molar-refractivity contribution in [1.29, 1.82) is 0 Å². The van der Waals surface area contributed by atoms with Crippen molar-refractivity contribution in [3.05, 3.63) is 28.9 Å². The first-order valence-electron chi connectivity index (χ1n) is 8.86. The zero-order chi connectivity index (χ0) is 21.3. The predicted octanol–water partition coefficient (Wildman–Crippen LogP) is 4.91. The fourth-order valence-corrected chi connectivity index (χ4v) is 3.13. The molecule has 0 bridgehead atoms. The largest absolute Gasteiger partial charge is 0.496 e. The molecule has 0 radical (unpaired) electrons. The normalized spacial score (nSPS) is 13.5. The van der Waals surface area contributed by atoms with E-state index in [1.165, 1.54) is 19.2 Å². The zero-order valence-corrected chi connectivity index (χ0v) is 17.2. The average molecular weight is 420 g/mol. The van der Waals surface area contributed by atoms with Crippen LogP contribution >= 0.6 is 11.6 Å². The standard InChI is InChI=1S/C19H25ClF3N3O2/c1-6-14-16(20)17(26(25-14)10-18(3,4)27)13-8-7-12(9-15(13)28-5)24-11(2)19(21,22)23/h7-9,11,24,27H,6,10H2,1-5H3/t11-/m1/s1. The summed E-state index contributed by atoms with van der Waals surface area (Å²) in [6.07, 6.45) is -3.77. The fraction of sp³-hybridized carbons (Fsp3) is 0.526. The minimum atomic E-state index is -4.36. The molecular weight excluding hydrogens is 395 g/mol. The molecule has 0 aliphatic heterocycles. The highest BCUT2D eigenvalue weighted by Crippen LogP contribution is 2.39. The molecule has 2 N–H and O–H groups in total. The number of aliphatic hydroxyl groups is 1. The molecule has 5 nitrogen and oxygen atoms in total.